The molecule has 2 N–H and O–H groups in total. The molecule has 0 bridgehead atoms. The van der Waals surface area contributed by atoms with Crippen LogP contribution in [0.3, 0.4) is 0 Å². The van der Waals surface area contributed by atoms with E-state index in [0.29, 0.717) is 13.2 Å². The first kappa shape index (κ1) is 15.4. The fourth-order valence-electron chi connectivity index (χ4n) is 1.55. The minimum absolute atomic E-state index is 0.0194. The second kappa shape index (κ2) is 9.30. The van der Waals surface area contributed by atoms with Crippen molar-refractivity contribution in [3.8, 4) is 0 Å². The number of ether oxygens (including phenoxy) is 2. The average molecular weight is 258 g/mol. The molecule has 0 aromatic rings. The van der Waals surface area contributed by atoms with Gasteiger partial charge in [-0.15, -0.1) is 0 Å². The Bertz CT molecular complexity index is 232. The average Bonchev–Trinajstić information content (AvgIpc) is 3.17. The molecule has 1 fully saturated rings. The number of amides is 1. The van der Waals surface area contributed by atoms with E-state index in [2.05, 4.69) is 10.6 Å². The molecule has 1 rings (SSSR count). The van der Waals surface area contributed by atoms with Gasteiger partial charge in [-0.1, -0.05) is 0 Å². The second-order valence-electron chi connectivity index (χ2n) is 4.83. The summed E-state index contributed by atoms with van der Waals surface area (Å²) >= 11 is 0. The third kappa shape index (κ3) is 7.63. The van der Waals surface area contributed by atoms with Crippen LogP contribution in [0.5, 0.6) is 0 Å². The summed E-state index contributed by atoms with van der Waals surface area (Å²) in [6.45, 7) is 5.48. The Labute approximate surface area is 110 Å². The number of carbonyl (C=O) groups is 1. The van der Waals surface area contributed by atoms with Crippen molar-refractivity contribution in [2.45, 2.75) is 32.2 Å². The maximum absolute atomic E-state index is 11.6. The van der Waals surface area contributed by atoms with E-state index < -0.39 is 0 Å². The predicted octanol–water partition coefficient (Wildman–Crippen LogP) is 0.544. The molecule has 0 radical (unpaired) electrons. The van der Waals surface area contributed by atoms with E-state index in [9.17, 15) is 4.79 Å². The molecule has 0 saturated heterocycles. The molecule has 0 aromatic heterocycles. The van der Waals surface area contributed by atoms with Crippen LogP contribution >= 0.6 is 0 Å². The van der Waals surface area contributed by atoms with Gasteiger partial charge in [0.25, 0.3) is 0 Å². The van der Waals surface area contributed by atoms with Gasteiger partial charge in [0.15, 0.2) is 0 Å². The Hall–Kier alpha value is -0.650. The van der Waals surface area contributed by atoms with E-state index in [1.54, 1.807) is 7.11 Å². The first-order valence-electron chi connectivity index (χ1n) is 6.81. The van der Waals surface area contributed by atoms with Gasteiger partial charge in [0.05, 0.1) is 12.6 Å². The van der Waals surface area contributed by atoms with Crippen LogP contribution in [0.4, 0.5) is 0 Å². The third-order valence-corrected chi connectivity index (χ3v) is 2.97. The van der Waals surface area contributed by atoms with Gasteiger partial charge in [0.1, 0.15) is 0 Å². The second-order valence-corrected chi connectivity index (χ2v) is 4.83. The summed E-state index contributed by atoms with van der Waals surface area (Å²) in [5.41, 5.74) is 0. The molecule has 18 heavy (non-hydrogen) atoms. The van der Waals surface area contributed by atoms with E-state index in [1.165, 1.54) is 12.8 Å². The zero-order chi connectivity index (χ0) is 13.2. The van der Waals surface area contributed by atoms with Crippen molar-refractivity contribution in [1.29, 1.82) is 0 Å². The molecule has 5 nitrogen and oxygen atoms in total. The predicted molar refractivity (Wildman–Crippen MR) is 70.5 cm³/mol. The molecule has 1 unspecified atom stereocenters. The highest BCUT2D eigenvalue weighted by atomic mass is 16.5. The summed E-state index contributed by atoms with van der Waals surface area (Å²) in [7, 11) is 1.62. The standard InChI is InChI=1S/C13H26N2O3/c1-11(13(16)15-7-9-17-2)14-6-3-8-18-10-12-4-5-12/h11-12,14H,3-10H2,1-2H3,(H,15,16). The minimum atomic E-state index is -0.162. The lowest BCUT2D eigenvalue weighted by molar-refractivity contribution is -0.122. The molecule has 1 aliphatic rings. The number of hydrogen-bond acceptors (Lipinski definition) is 4. The lowest BCUT2D eigenvalue weighted by Gasteiger charge is -2.13. The zero-order valence-electron chi connectivity index (χ0n) is 11.5. The zero-order valence-corrected chi connectivity index (χ0v) is 11.5. The molecule has 0 aromatic carbocycles. The van der Waals surface area contributed by atoms with Gasteiger partial charge in [0.2, 0.25) is 5.91 Å². The molecular formula is C13H26N2O3. The van der Waals surface area contributed by atoms with Crippen LogP contribution < -0.4 is 10.6 Å². The number of rotatable bonds is 11. The molecule has 106 valence electrons. The van der Waals surface area contributed by atoms with E-state index in [0.717, 1.165) is 32.1 Å². The highest BCUT2D eigenvalue weighted by Gasteiger charge is 2.20. The van der Waals surface area contributed by atoms with Crippen LogP contribution in [0.2, 0.25) is 0 Å². The summed E-state index contributed by atoms with van der Waals surface area (Å²) in [5.74, 6) is 0.842. The Balaban J connectivity index is 1.87. The van der Waals surface area contributed by atoms with Gasteiger partial charge in [-0.3, -0.25) is 4.79 Å². The summed E-state index contributed by atoms with van der Waals surface area (Å²) in [5, 5.41) is 5.98. The number of nitrogens with one attached hydrogen (secondary N) is 2. The van der Waals surface area contributed by atoms with E-state index in [4.69, 9.17) is 9.47 Å². The molecule has 0 aliphatic heterocycles. The molecule has 0 heterocycles. The smallest absolute Gasteiger partial charge is 0.236 e. The van der Waals surface area contributed by atoms with Crippen molar-refractivity contribution in [1.82, 2.24) is 10.6 Å². The van der Waals surface area contributed by atoms with Gasteiger partial charge in [0, 0.05) is 26.9 Å². The van der Waals surface area contributed by atoms with Crippen molar-refractivity contribution in [3.05, 3.63) is 0 Å². The Kier molecular flexibility index (Phi) is 7.96. The van der Waals surface area contributed by atoms with Gasteiger partial charge in [-0.2, -0.15) is 0 Å². The van der Waals surface area contributed by atoms with Crippen LogP contribution in [-0.4, -0.2) is 52.0 Å². The van der Waals surface area contributed by atoms with Crippen molar-refractivity contribution >= 4 is 5.91 Å². The van der Waals surface area contributed by atoms with Crippen LogP contribution in [0.15, 0.2) is 0 Å². The number of hydrogen-bond donors (Lipinski definition) is 2. The molecular weight excluding hydrogens is 232 g/mol. The van der Waals surface area contributed by atoms with Gasteiger partial charge in [-0.25, -0.2) is 0 Å². The number of methoxy groups -OCH3 is 1. The largest absolute Gasteiger partial charge is 0.383 e. The van der Waals surface area contributed by atoms with Crippen LogP contribution in [0.25, 0.3) is 0 Å². The van der Waals surface area contributed by atoms with E-state index in [1.807, 2.05) is 6.92 Å². The fraction of sp³-hybridized carbons (Fsp3) is 0.923. The molecule has 5 heteroatoms. The monoisotopic (exact) mass is 258 g/mol. The lowest BCUT2D eigenvalue weighted by atomic mass is 10.3. The van der Waals surface area contributed by atoms with Crippen molar-refractivity contribution in [2.24, 2.45) is 5.92 Å². The quantitative estimate of drug-likeness (QED) is 0.531. The number of carbonyl (C=O) groups excluding carboxylic acids is 1. The molecule has 1 amide bonds. The van der Waals surface area contributed by atoms with Crippen LogP contribution in [0, 0.1) is 5.92 Å². The maximum Gasteiger partial charge on any atom is 0.236 e. The van der Waals surface area contributed by atoms with Gasteiger partial charge < -0.3 is 20.1 Å². The Morgan fingerprint density at radius 1 is 1.33 bits per heavy atom. The normalized spacial score (nSPS) is 16.6. The third-order valence-electron chi connectivity index (χ3n) is 2.97. The minimum Gasteiger partial charge on any atom is -0.383 e. The van der Waals surface area contributed by atoms with E-state index in [-0.39, 0.29) is 11.9 Å². The van der Waals surface area contributed by atoms with Crippen molar-refractivity contribution in [2.75, 3.05) is 40.0 Å². The van der Waals surface area contributed by atoms with Gasteiger partial charge in [-0.05, 0) is 38.6 Å². The Morgan fingerprint density at radius 3 is 2.78 bits per heavy atom. The highest BCUT2D eigenvalue weighted by Crippen LogP contribution is 2.28. The van der Waals surface area contributed by atoms with Crippen molar-refractivity contribution in [3.63, 3.8) is 0 Å². The Morgan fingerprint density at radius 2 is 2.11 bits per heavy atom. The first-order chi connectivity index (χ1) is 8.74. The summed E-state index contributed by atoms with van der Waals surface area (Å²) in [4.78, 5) is 11.6. The van der Waals surface area contributed by atoms with Crippen LogP contribution in [-0.2, 0) is 14.3 Å². The maximum atomic E-state index is 11.6. The van der Waals surface area contributed by atoms with E-state index >= 15 is 0 Å². The summed E-state index contributed by atoms with van der Waals surface area (Å²) < 4.78 is 10.4. The first-order valence-corrected chi connectivity index (χ1v) is 6.81. The molecule has 0 spiro atoms. The highest BCUT2D eigenvalue weighted by molar-refractivity contribution is 5.81. The van der Waals surface area contributed by atoms with Crippen LogP contribution in [0.1, 0.15) is 26.2 Å². The summed E-state index contributed by atoms with van der Waals surface area (Å²) in [6.07, 6.45) is 3.61. The fourth-order valence-corrected chi connectivity index (χ4v) is 1.55. The molecule has 1 saturated carbocycles. The lowest BCUT2D eigenvalue weighted by Crippen LogP contribution is -2.43. The molecule has 1 atom stereocenters. The molecule has 1 aliphatic carbocycles. The topological polar surface area (TPSA) is 59.6 Å². The SMILES string of the molecule is COCCNC(=O)C(C)NCCCOCC1CC1. The van der Waals surface area contributed by atoms with Crippen molar-refractivity contribution < 1.29 is 14.3 Å². The summed E-state index contributed by atoms with van der Waals surface area (Å²) in [6, 6.07) is -0.162. The van der Waals surface area contributed by atoms with Gasteiger partial charge >= 0.3 is 0 Å².